The zero-order valence-corrected chi connectivity index (χ0v) is 17.6. The van der Waals surface area contributed by atoms with Crippen LogP contribution in [-0.4, -0.2) is 54.1 Å². The van der Waals surface area contributed by atoms with Crippen LogP contribution in [-0.2, 0) is 4.74 Å². The van der Waals surface area contributed by atoms with E-state index in [1.807, 2.05) is 18.0 Å². The van der Waals surface area contributed by atoms with E-state index in [4.69, 9.17) is 4.74 Å². The normalized spacial score (nSPS) is 24.8. The molecule has 1 saturated carbocycles. The summed E-state index contributed by atoms with van der Waals surface area (Å²) in [4.78, 5) is 2.64. The van der Waals surface area contributed by atoms with E-state index < -0.39 is 0 Å². The lowest BCUT2D eigenvalue weighted by atomic mass is 9.81. The highest BCUT2D eigenvalue weighted by Crippen LogP contribution is 2.35. The van der Waals surface area contributed by atoms with Crippen molar-refractivity contribution in [3.05, 3.63) is 59.5 Å². The number of rotatable bonds is 5. The molecule has 3 aromatic rings. The molecule has 30 heavy (non-hydrogen) atoms. The molecule has 5 nitrogen and oxygen atoms in total. The van der Waals surface area contributed by atoms with Crippen LogP contribution in [0.25, 0.3) is 16.6 Å². The Morgan fingerprint density at radius 1 is 1.20 bits per heavy atom. The largest absolute Gasteiger partial charge is 0.381 e. The lowest BCUT2D eigenvalue weighted by molar-refractivity contribution is -0.0182. The van der Waals surface area contributed by atoms with Crippen molar-refractivity contribution in [3.8, 4) is 5.69 Å². The Kier molecular flexibility index (Phi) is 5.31. The van der Waals surface area contributed by atoms with Gasteiger partial charge in [0.1, 0.15) is 5.82 Å². The Bertz CT molecular complexity index is 1030. The molecule has 0 radical (unpaired) electrons. The summed E-state index contributed by atoms with van der Waals surface area (Å²) < 4.78 is 20.7. The van der Waals surface area contributed by atoms with E-state index >= 15 is 0 Å². The van der Waals surface area contributed by atoms with Crippen molar-refractivity contribution in [1.82, 2.24) is 20.0 Å². The molecule has 0 unspecified atom stereocenters. The molecule has 0 bridgehead atoms. The molecule has 0 amide bonds. The Labute approximate surface area is 176 Å². The van der Waals surface area contributed by atoms with E-state index in [0.29, 0.717) is 12.1 Å². The number of aromatic nitrogens is 2. The highest BCUT2D eigenvalue weighted by Gasteiger charge is 2.34. The van der Waals surface area contributed by atoms with E-state index in [2.05, 4.69) is 34.4 Å². The Balaban J connectivity index is 1.43. The van der Waals surface area contributed by atoms with Crippen LogP contribution in [0.4, 0.5) is 4.39 Å². The van der Waals surface area contributed by atoms with Crippen molar-refractivity contribution in [2.24, 2.45) is 5.92 Å². The third-order valence-electron chi connectivity index (χ3n) is 6.76. The predicted molar refractivity (Wildman–Crippen MR) is 116 cm³/mol. The van der Waals surface area contributed by atoms with Gasteiger partial charge in [0.15, 0.2) is 0 Å². The number of ether oxygens (including phenoxy) is 1. The average molecular weight is 409 g/mol. The number of hydrogen-bond donors (Lipinski definition) is 1. The number of piperazine rings is 1. The molecule has 0 spiro atoms. The van der Waals surface area contributed by atoms with Gasteiger partial charge in [-0.25, -0.2) is 9.07 Å². The van der Waals surface area contributed by atoms with Crippen LogP contribution >= 0.6 is 0 Å². The summed E-state index contributed by atoms with van der Waals surface area (Å²) in [6, 6.07) is 11.4. The lowest BCUT2D eigenvalue weighted by Crippen LogP contribution is -2.49. The molecule has 1 atom stereocenters. The SMILES string of the molecule is CO[C@H]1C[C@@H](CN2CCNC[C@H]2c2cc3cnn(-c4ccc(F)cc4)c3cc2C)C1. The van der Waals surface area contributed by atoms with Crippen LogP contribution in [0.15, 0.2) is 42.6 Å². The molecule has 2 heterocycles. The summed E-state index contributed by atoms with van der Waals surface area (Å²) in [5.41, 5.74) is 4.57. The second-order valence-electron chi connectivity index (χ2n) is 8.71. The first kappa shape index (κ1) is 19.7. The van der Waals surface area contributed by atoms with Gasteiger partial charge in [-0.15, -0.1) is 0 Å². The number of nitrogens with zero attached hydrogens (tertiary/aromatic N) is 3. The summed E-state index contributed by atoms with van der Waals surface area (Å²) in [6.45, 7) is 6.41. The number of hydrogen-bond acceptors (Lipinski definition) is 4. The monoisotopic (exact) mass is 408 g/mol. The minimum absolute atomic E-state index is 0.234. The van der Waals surface area contributed by atoms with Crippen molar-refractivity contribution in [1.29, 1.82) is 0 Å². The molecule has 1 saturated heterocycles. The number of methoxy groups -OCH3 is 1. The maximum Gasteiger partial charge on any atom is 0.123 e. The number of aryl methyl sites for hydroxylation is 1. The third kappa shape index (κ3) is 3.64. The molecule has 2 fully saturated rings. The highest BCUT2D eigenvalue weighted by molar-refractivity contribution is 5.82. The first-order valence-electron chi connectivity index (χ1n) is 10.8. The second kappa shape index (κ2) is 8.10. The van der Waals surface area contributed by atoms with Crippen LogP contribution in [0.2, 0.25) is 0 Å². The molecule has 2 aliphatic rings. The smallest absolute Gasteiger partial charge is 0.123 e. The molecule has 2 aromatic carbocycles. The van der Waals surface area contributed by atoms with Gasteiger partial charge in [-0.05, 0) is 73.2 Å². The van der Waals surface area contributed by atoms with Crippen LogP contribution in [0.3, 0.4) is 0 Å². The van der Waals surface area contributed by atoms with E-state index in [1.54, 1.807) is 12.1 Å². The summed E-state index contributed by atoms with van der Waals surface area (Å²) in [6.07, 6.45) is 4.72. The maximum absolute atomic E-state index is 13.3. The summed E-state index contributed by atoms with van der Waals surface area (Å²) >= 11 is 0. The topological polar surface area (TPSA) is 42.3 Å². The van der Waals surface area contributed by atoms with Crippen LogP contribution in [0.5, 0.6) is 0 Å². The minimum Gasteiger partial charge on any atom is -0.381 e. The Hall–Kier alpha value is -2.28. The maximum atomic E-state index is 13.3. The van der Waals surface area contributed by atoms with Gasteiger partial charge in [0.05, 0.1) is 23.5 Å². The van der Waals surface area contributed by atoms with E-state index in [-0.39, 0.29) is 5.82 Å². The van der Waals surface area contributed by atoms with Crippen molar-refractivity contribution in [2.75, 3.05) is 33.3 Å². The van der Waals surface area contributed by atoms with Crippen LogP contribution < -0.4 is 5.32 Å². The fraction of sp³-hybridized carbons (Fsp3) is 0.458. The lowest BCUT2D eigenvalue weighted by Gasteiger charge is -2.43. The first-order chi connectivity index (χ1) is 14.6. The fourth-order valence-corrected chi connectivity index (χ4v) is 4.96. The van der Waals surface area contributed by atoms with Gasteiger partial charge in [-0.1, -0.05) is 0 Å². The van der Waals surface area contributed by atoms with Gasteiger partial charge in [-0.3, -0.25) is 4.90 Å². The highest BCUT2D eigenvalue weighted by atomic mass is 19.1. The van der Waals surface area contributed by atoms with E-state index in [9.17, 15) is 4.39 Å². The second-order valence-corrected chi connectivity index (χ2v) is 8.71. The average Bonchev–Trinajstić information content (AvgIpc) is 3.13. The van der Waals surface area contributed by atoms with Crippen molar-refractivity contribution < 1.29 is 9.13 Å². The molecule has 1 N–H and O–H groups in total. The van der Waals surface area contributed by atoms with Gasteiger partial charge in [0.2, 0.25) is 0 Å². The van der Waals surface area contributed by atoms with Crippen molar-refractivity contribution >= 4 is 10.9 Å². The number of nitrogens with one attached hydrogen (secondary N) is 1. The van der Waals surface area contributed by atoms with Crippen LogP contribution in [0, 0.1) is 18.7 Å². The van der Waals surface area contributed by atoms with Crippen molar-refractivity contribution in [3.63, 3.8) is 0 Å². The van der Waals surface area contributed by atoms with Gasteiger partial charge in [-0.2, -0.15) is 5.10 Å². The Morgan fingerprint density at radius 3 is 2.77 bits per heavy atom. The predicted octanol–water partition coefficient (Wildman–Crippen LogP) is 3.84. The van der Waals surface area contributed by atoms with Crippen LogP contribution in [0.1, 0.15) is 30.0 Å². The van der Waals surface area contributed by atoms with Gasteiger partial charge in [0.25, 0.3) is 0 Å². The molecular formula is C24H29FN4O. The number of fused-ring (bicyclic) bond motifs is 1. The summed E-state index contributed by atoms with van der Waals surface area (Å²) in [7, 11) is 1.82. The van der Waals surface area contributed by atoms with Gasteiger partial charge < -0.3 is 10.1 Å². The van der Waals surface area contributed by atoms with Gasteiger partial charge in [0, 0.05) is 44.7 Å². The molecular weight excluding hydrogens is 379 g/mol. The van der Waals surface area contributed by atoms with Crippen molar-refractivity contribution in [2.45, 2.75) is 31.9 Å². The quantitative estimate of drug-likeness (QED) is 0.697. The first-order valence-corrected chi connectivity index (χ1v) is 10.8. The zero-order chi connectivity index (χ0) is 20.7. The van der Waals surface area contributed by atoms with E-state index in [1.165, 1.54) is 36.1 Å². The molecule has 1 aliphatic carbocycles. The molecule has 6 heteroatoms. The minimum atomic E-state index is -0.234. The zero-order valence-electron chi connectivity index (χ0n) is 17.6. The Morgan fingerprint density at radius 2 is 2.00 bits per heavy atom. The number of benzene rings is 2. The van der Waals surface area contributed by atoms with E-state index in [0.717, 1.165) is 48.7 Å². The fourth-order valence-electron chi connectivity index (χ4n) is 4.96. The number of halogens is 1. The molecule has 158 valence electrons. The molecule has 1 aliphatic heterocycles. The summed E-state index contributed by atoms with van der Waals surface area (Å²) in [5.74, 6) is 0.502. The third-order valence-corrected chi connectivity index (χ3v) is 6.76. The standard InChI is InChI=1S/C24H29FN4O/c1-16-9-23-18(13-27-29(23)20-5-3-19(25)4-6-20)12-22(16)24-14-26-7-8-28(24)15-17-10-21(11-17)30-2/h3-6,9,12-13,17,21,24,26H,7-8,10-11,14-15H2,1-2H3/t17-,21+,24-/m0/s1. The molecule has 5 rings (SSSR count). The summed E-state index contributed by atoms with van der Waals surface area (Å²) in [5, 5.41) is 9.28. The van der Waals surface area contributed by atoms with Gasteiger partial charge >= 0.3 is 0 Å². The molecule has 1 aromatic heterocycles.